The molecule has 0 N–H and O–H groups in total. The molecule has 0 heterocycles. The molecule has 0 atom stereocenters. The molecule has 0 amide bonds. The maximum atomic E-state index is 11.1. The van der Waals surface area contributed by atoms with E-state index in [0.717, 1.165) is 11.1 Å². The first-order chi connectivity index (χ1) is 9.56. The third-order valence-corrected chi connectivity index (χ3v) is 6.96. The van der Waals surface area contributed by atoms with Gasteiger partial charge in [-0.2, -0.15) is 0 Å². The van der Waals surface area contributed by atoms with Crippen molar-refractivity contribution in [3.05, 3.63) is 69.7 Å². The molecule has 0 fully saturated rings. The van der Waals surface area contributed by atoms with Gasteiger partial charge in [-0.1, -0.05) is 0 Å². The number of rotatable bonds is 4. The van der Waals surface area contributed by atoms with Crippen molar-refractivity contribution in [2.45, 2.75) is 10.9 Å². The standard InChI is InChI=1S/C13H9Cl2.C2H4O2.Sn/c14-12-5-1-10(2-6-12)9-11-3-7-13(15)8-4-11;1-2(3)4;/h1-9H;1H3,(H,3,4);/q;;+1/p-1. The van der Waals surface area contributed by atoms with Crippen molar-refractivity contribution >= 4 is 50.7 Å². The number of carbonyl (C=O) groups excluding carboxylic acids is 1. The first-order valence-corrected chi connectivity index (χ1v) is 9.57. The summed E-state index contributed by atoms with van der Waals surface area (Å²) in [7, 11) is 0. The van der Waals surface area contributed by atoms with E-state index in [1.165, 1.54) is 6.92 Å². The second kappa shape index (κ2) is 7.34. The minimum atomic E-state index is -1.39. The molecule has 2 radical (unpaired) electrons. The van der Waals surface area contributed by atoms with Crippen LogP contribution in [0.1, 0.15) is 22.0 Å². The maximum absolute atomic E-state index is 11.1. The third-order valence-electron chi connectivity index (χ3n) is 2.73. The molecule has 2 nitrogen and oxygen atoms in total. The van der Waals surface area contributed by atoms with Crippen molar-refractivity contribution in [1.82, 2.24) is 0 Å². The van der Waals surface area contributed by atoms with Crippen LogP contribution in [0.4, 0.5) is 0 Å². The molecular formula is C15H12Cl2O2Sn. The number of carbonyl (C=O) groups is 1. The van der Waals surface area contributed by atoms with Crippen LogP contribution in [0.3, 0.4) is 0 Å². The molecule has 20 heavy (non-hydrogen) atoms. The summed E-state index contributed by atoms with van der Waals surface area (Å²) >= 11 is 10.5. The van der Waals surface area contributed by atoms with Crippen LogP contribution < -0.4 is 0 Å². The zero-order valence-electron chi connectivity index (χ0n) is 10.8. The topological polar surface area (TPSA) is 26.3 Å². The predicted molar refractivity (Wildman–Crippen MR) is 82.3 cm³/mol. The fourth-order valence-corrected chi connectivity index (χ4v) is 4.72. The molecule has 0 saturated carbocycles. The Balaban J connectivity index is 2.30. The summed E-state index contributed by atoms with van der Waals surface area (Å²) in [4.78, 5) is 11.1. The second-order valence-corrected chi connectivity index (χ2v) is 8.02. The van der Waals surface area contributed by atoms with E-state index >= 15 is 0 Å². The van der Waals surface area contributed by atoms with Crippen LogP contribution in [0, 0.1) is 0 Å². The van der Waals surface area contributed by atoms with Gasteiger partial charge in [-0.15, -0.1) is 0 Å². The van der Waals surface area contributed by atoms with Crippen molar-refractivity contribution in [2.24, 2.45) is 0 Å². The van der Waals surface area contributed by atoms with E-state index in [0.29, 0.717) is 10.0 Å². The van der Waals surface area contributed by atoms with Gasteiger partial charge in [0.25, 0.3) is 0 Å². The Morgan fingerprint density at radius 1 is 0.950 bits per heavy atom. The van der Waals surface area contributed by atoms with E-state index in [-0.39, 0.29) is 9.90 Å². The Morgan fingerprint density at radius 3 is 1.70 bits per heavy atom. The summed E-state index contributed by atoms with van der Waals surface area (Å²) in [6.07, 6.45) is 0. The van der Waals surface area contributed by atoms with Crippen molar-refractivity contribution in [3.63, 3.8) is 0 Å². The summed E-state index contributed by atoms with van der Waals surface area (Å²) in [6.45, 7) is 1.45. The molecule has 2 aromatic carbocycles. The van der Waals surface area contributed by atoms with Gasteiger partial charge >= 0.3 is 139 Å². The molecule has 0 aliphatic heterocycles. The number of benzene rings is 2. The average Bonchev–Trinajstić information content (AvgIpc) is 2.42. The fourth-order valence-electron chi connectivity index (χ4n) is 1.78. The molecule has 0 saturated heterocycles. The third kappa shape index (κ3) is 4.40. The van der Waals surface area contributed by atoms with Crippen LogP contribution in [0.15, 0.2) is 48.5 Å². The van der Waals surface area contributed by atoms with E-state index in [4.69, 9.17) is 26.3 Å². The van der Waals surface area contributed by atoms with Gasteiger partial charge in [-0.3, -0.25) is 0 Å². The SMILES string of the molecule is CC(=O)[O][Sn][CH](c1ccc(Cl)cc1)c1ccc(Cl)cc1. The van der Waals surface area contributed by atoms with Crippen LogP contribution >= 0.6 is 23.2 Å². The molecule has 0 bridgehead atoms. The van der Waals surface area contributed by atoms with Gasteiger partial charge in [0, 0.05) is 0 Å². The van der Waals surface area contributed by atoms with Crippen molar-refractivity contribution in [2.75, 3.05) is 0 Å². The monoisotopic (exact) mass is 414 g/mol. The van der Waals surface area contributed by atoms with Crippen LogP contribution in [0.25, 0.3) is 0 Å². The van der Waals surface area contributed by atoms with Crippen LogP contribution in [0.5, 0.6) is 0 Å². The molecule has 0 spiro atoms. The molecule has 5 heteroatoms. The first-order valence-electron chi connectivity index (χ1n) is 6.00. The Labute approximate surface area is 138 Å². The van der Waals surface area contributed by atoms with E-state index in [1.807, 2.05) is 48.5 Å². The molecule has 2 aromatic rings. The second-order valence-electron chi connectivity index (χ2n) is 4.25. The molecule has 2 rings (SSSR count). The van der Waals surface area contributed by atoms with Gasteiger partial charge < -0.3 is 0 Å². The average molecular weight is 414 g/mol. The molecule has 102 valence electrons. The Bertz CT molecular complexity index is 536. The quantitative estimate of drug-likeness (QED) is 0.700. The van der Waals surface area contributed by atoms with E-state index in [2.05, 4.69) is 0 Å². The van der Waals surface area contributed by atoms with Crippen LogP contribution in [0.2, 0.25) is 10.0 Å². The Morgan fingerprint density at radius 2 is 1.35 bits per heavy atom. The van der Waals surface area contributed by atoms with Gasteiger partial charge in [-0.25, -0.2) is 0 Å². The Kier molecular flexibility index (Phi) is 5.75. The van der Waals surface area contributed by atoms with Gasteiger partial charge in [0.15, 0.2) is 0 Å². The summed E-state index contributed by atoms with van der Waals surface area (Å²) < 4.78 is 5.47. The van der Waals surface area contributed by atoms with Gasteiger partial charge in [-0.05, 0) is 0 Å². The predicted octanol–water partition coefficient (Wildman–Crippen LogP) is 4.27. The van der Waals surface area contributed by atoms with E-state index < -0.39 is 21.6 Å². The zero-order chi connectivity index (χ0) is 14.5. The van der Waals surface area contributed by atoms with Gasteiger partial charge in [0.05, 0.1) is 0 Å². The summed E-state index contributed by atoms with van der Waals surface area (Å²) in [6, 6.07) is 15.3. The van der Waals surface area contributed by atoms with Crippen LogP contribution in [-0.2, 0) is 7.87 Å². The Hall–Kier alpha value is -0.711. The molecule has 0 aromatic heterocycles. The van der Waals surface area contributed by atoms with Gasteiger partial charge in [0.1, 0.15) is 0 Å². The summed E-state index contributed by atoms with van der Waals surface area (Å²) in [5.41, 5.74) is 2.23. The van der Waals surface area contributed by atoms with Crippen molar-refractivity contribution in [3.8, 4) is 0 Å². The van der Waals surface area contributed by atoms with Crippen molar-refractivity contribution in [1.29, 1.82) is 0 Å². The number of hydrogen-bond acceptors (Lipinski definition) is 2. The molecule has 0 aliphatic carbocycles. The summed E-state index contributed by atoms with van der Waals surface area (Å²) in [5.74, 6) is -0.218. The van der Waals surface area contributed by atoms with E-state index in [1.54, 1.807) is 0 Å². The number of halogens is 2. The molecule has 0 aliphatic rings. The number of hydrogen-bond donors (Lipinski definition) is 0. The van der Waals surface area contributed by atoms with Crippen molar-refractivity contribution < 1.29 is 7.87 Å². The van der Waals surface area contributed by atoms with E-state index in [9.17, 15) is 4.79 Å². The van der Waals surface area contributed by atoms with Crippen LogP contribution in [-0.4, -0.2) is 27.5 Å². The minimum absolute atomic E-state index is 0.136. The molecular weight excluding hydrogens is 402 g/mol. The fraction of sp³-hybridized carbons (Fsp3) is 0.133. The molecule has 0 unspecified atom stereocenters. The summed E-state index contributed by atoms with van der Waals surface area (Å²) in [5, 5.41) is 1.39. The first kappa shape index (κ1) is 15.7. The zero-order valence-corrected chi connectivity index (χ0v) is 15.1. The van der Waals surface area contributed by atoms with Gasteiger partial charge in [0.2, 0.25) is 0 Å². The normalized spacial score (nSPS) is 10.6.